The first-order valence-electron chi connectivity index (χ1n) is 8.48. The van der Waals surface area contributed by atoms with Gasteiger partial charge in [0.2, 0.25) is 5.91 Å². The van der Waals surface area contributed by atoms with Crippen LogP contribution in [0, 0.1) is 5.82 Å². The van der Waals surface area contributed by atoms with Gasteiger partial charge in [0.25, 0.3) is 0 Å². The number of halogens is 4. The summed E-state index contributed by atoms with van der Waals surface area (Å²) in [4.78, 5) is 15.7. The van der Waals surface area contributed by atoms with Gasteiger partial charge >= 0.3 is 6.18 Å². The first-order chi connectivity index (χ1) is 12.8. The zero-order chi connectivity index (χ0) is 19.4. The zero-order valence-electron chi connectivity index (χ0n) is 14.4. The molecule has 2 aromatic carbocycles. The van der Waals surface area contributed by atoms with Crippen LogP contribution >= 0.6 is 0 Å². The molecule has 27 heavy (non-hydrogen) atoms. The van der Waals surface area contributed by atoms with E-state index in [4.69, 9.17) is 0 Å². The van der Waals surface area contributed by atoms with Gasteiger partial charge in [-0.05, 0) is 42.0 Å². The molecule has 0 atom stereocenters. The standard InChI is InChI=1S/C20H18F4N2O/c21-17-5-1-3-15(13-17)7-8-19(27)26-11-9-25(10-12-26)18-6-2-4-16(14-18)20(22,23)24/h1-8,13-14H,9-12H2/b8-7+. The number of benzene rings is 2. The van der Waals surface area contributed by atoms with E-state index in [9.17, 15) is 22.4 Å². The van der Waals surface area contributed by atoms with E-state index in [1.807, 2.05) is 4.90 Å². The van der Waals surface area contributed by atoms with E-state index in [-0.39, 0.29) is 11.7 Å². The van der Waals surface area contributed by atoms with Crippen LogP contribution in [0.4, 0.5) is 23.2 Å². The van der Waals surface area contributed by atoms with Gasteiger partial charge in [0.15, 0.2) is 0 Å². The minimum atomic E-state index is -4.38. The molecule has 7 heteroatoms. The number of amides is 1. The Kier molecular flexibility index (Phi) is 5.48. The molecular formula is C20H18F4N2O. The minimum absolute atomic E-state index is 0.206. The summed E-state index contributed by atoms with van der Waals surface area (Å²) in [5.74, 6) is -0.581. The fourth-order valence-corrected chi connectivity index (χ4v) is 2.95. The summed E-state index contributed by atoms with van der Waals surface area (Å²) in [6.45, 7) is 1.70. The second-order valence-electron chi connectivity index (χ2n) is 6.25. The molecule has 0 spiro atoms. The van der Waals surface area contributed by atoms with Crippen molar-refractivity contribution in [1.29, 1.82) is 0 Å². The van der Waals surface area contributed by atoms with Gasteiger partial charge in [0.05, 0.1) is 5.56 Å². The molecule has 2 aromatic rings. The number of hydrogen-bond acceptors (Lipinski definition) is 2. The summed E-state index contributed by atoms with van der Waals surface area (Å²) in [6.07, 6.45) is -1.45. The molecule has 1 fully saturated rings. The molecule has 1 saturated heterocycles. The third-order valence-corrected chi connectivity index (χ3v) is 4.40. The van der Waals surface area contributed by atoms with Crippen molar-refractivity contribution in [3.8, 4) is 0 Å². The maximum absolute atomic E-state index is 13.1. The molecular weight excluding hydrogens is 360 g/mol. The summed E-state index contributed by atoms with van der Waals surface area (Å²) >= 11 is 0. The number of carbonyl (C=O) groups excluding carboxylic acids is 1. The van der Waals surface area contributed by atoms with E-state index in [1.165, 1.54) is 24.3 Å². The van der Waals surface area contributed by atoms with Crippen LogP contribution in [0.15, 0.2) is 54.6 Å². The number of nitrogens with zero attached hydrogens (tertiary/aromatic N) is 2. The molecule has 0 aliphatic carbocycles. The normalized spacial score (nSPS) is 15.4. The largest absolute Gasteiger partial charge is 0.416 e. The Balaban J connectivity index is 1.59. The monoisotopic (exact) mass is 378 g/mol. The van der Waals surface area contributed by atoms with Crippen LogP contribution in [-0.4, -0.2) is 37.0 Å². The van der Waals surface area contributed by atoms with Crippen LogP contribution in [-0.2, 0) is 11.0 Å². The Morgan fingerprint density at radius 2 is 1.67 bits per heavy atom. The maximum atomic E-state index is 13.1. The van der Waals surface area contributed by atoms with E-state index in [2.05, 4.69) is 0 Å². The molecule has 3 rings (SSSR count). The Bertz CT molecular complexity index is 840. The molecule has 0 bridgehead atoms. The Morgan fingerprint density at radius 3 is 2.33 bits per heavy atom. The van der Waals surface area contributed by atoms with E-state index in [0.29, 0.717) is 37.4 Å². The lowest BCUT2D eigenvalue weighted by atomic mass is 10.1. The Morgan fingerprint density at radius 1 is 0.963 bits per heavy atom. The molecule has 1 heterocycles. The predicted molar refractivity (Wildman–Crippen MR) is 95.7 cm³/mol. The van der Waals surface area contributed by atoms with Gasteiger partial charge in [-0.1, -0.05) is 18.2 Å². The number of piperazine rings is 1. The number of rotatable bonds is 3. The van der Waals surface area contributed by atoms with Crippen LogP contribution in [0.2, 0.25) is 0 Å². The molecule has 0 radical (unpaired) electrons. The van der Waals surface area contributed by atoms with Crippen molar-refractivity contribution in [1.82, 2.24) is 4.90 Å². The van der Waals surface area contributed by atoms with Gasteiger partial charge in [0.1, 0.15) is 5.82 Å². The summed E-state index contributed by atoms with van der Waals surface area (Å²) < 4.78 is 51.7. The highest BCUT2D eigenvalue weighted by atomic mass is 19.4. The van der Waals surface area contributed by atoms with Crippen molar-refractivity contribution in [2.75, 3.05) is 31.1 Å². The SMILES string of the molecule is O=C(/C=C/c1cccc(F)c1)N1CCN(c2cccc(C(F)(F)F)c2)CC1. The van der Waals surface area contributed by atoms with E-state index in [1.54, 1.807) is 29.2 Å². The third-order valence-electron chi connectivity index (χ3n) is 4.40. The lowest BCUT2D eigenvalue weighted by molar-refractivity contribution is -0.137. The highest BCUT2D eigenvalue weighted by Crippen LogP contribution is 2.31. The average molecular weight is 378 g/mol. The average Bonchev–Trinajstić information content (AvgIpc) is 2.66. The van der Waals surface area contributed by atoms with Crippen LogP contribution in [0.3, 0.4) is 0 Å². The van der Waals surface area contributed by atoms with E-state index < -0.39 is 11.7 Å². The molecule has 0 saturated carbocycles. The van der Waals surface area contributed by atoms with Crippen LogP contribution < -0.4 is 4.90 Å². The Hall–Kier alpha value is -2.83. The van der Waals surface area contributed by atoms with Crippen LogP contribution in [0.25, 0.3) is 6.08 Å². The summed E-state index contributed by atoms with van der Waals surface area (Å²) in [5, 5.41) is 0. The number of hydrogen-bond donors (Lipinski definition) is 0. The topological polar surface area (TPSA) is 23.6 Å². The second-order valence-corrected chi connectivity index (χ2v) is 6.25. The first-order valence-corrected chi connectivity index (χ1v) is 8.48. The second kappa shape index (κ2) is 7.82. The van der Waals surface area contributed by atoms with Gasteiger partial charge in [-0.3, -0.25) is 4.79 Å². The highest BCUT2D eigenvalue weighted by molar-refractivity contribution is 5.92. The molecule has 1 amide bonds. The molecule has 3 nitrogen and oxygen atoms in total. The molecule has 1 aliphatic rings. The molecule has 0 aromatic heterocycles. The highest BCUT2D eigenvalue weighted by Gasteiger charge is 2.31. The van der Waals surface area contributed by atoms with Crippen molar-refractivity contribution in [3.63, 3.8) is 0 Å². The first kappa shape index (κ1) is 18.9. The summed E-state index contributed by atoms with van der Waals surface area (Å²) in [7, 11) is 0. The summed E-state index contributed by atoms with van der Waals surface area (Å²) in [6, 6.07) is 11.1. The predicted octanol–water partition coefficient (Wildman–Crippen LogP) is 4.21. The van der Waals surface area contributed by atoms with Gasteiger partial charge < -0.3 is 9.80 Å². The van der Waals surface area contributed by atoms with Gasteiger partial charge in [-0.15, -0.1) is 0 Å². The van der Waals surface area contributed by atoms with Crippen molar-refractivity contribution in [3.05, 3.63) is 71.6 Å². The molecule has 1 aliphatic heterocycles. The fraction of sp³-hybridized carbons (Fsp3) is 0.250. The van der Waals surface area contributed by atoms with Crippen LogP contribution in [0.1, 0.15) is 11.1 Å². The third kappa shape index (κ3) is 4.87. The molecule has 0 unspecified atom stereocenters. The van der Waals surface area contributed by atoms with E-state index in [0.717, 1.165) is 12.1 Å². The molecule has 142 valence electrons. The number of anilines is 1. The fourth-order valence-electron chi connectivity index (χ4n) is 2.95. The minimum Gasteiger partial charge on any atom is -0.368 e. The number of carbonyl (C=O) groups is 1. The van der Waals surface area contributed by atoms with E-state index >= 15 is 0 Å². The van der Waals surface area contributed by atoms with Crippen molar-refractivity contribution in [2.45, 2.75) is 6.18 Å². The lowest BCUT2D eigenvalue weighted by Gasteiger charge is -2.35. The van der Waals surface area contributed by atoms with Crippen molar-refractivity contribution < 1.29 is 22.4 Å². The zero-order valence-corrected chi connectivity index (χ0v) is 14.4. The van der Waals surface area contributed by atoms with Crippen molar-refractivity contribution in [2.24, 2.45) is 0 Å². The van der Waals surface area contributed by atoms with Crippen LogP contribution in [0.5, 0.6) is 0 Å². The van der Waals surface area contributed by atoms with Crippen molar-refractivity contribution >= 4 is 17.7 Å². The molecule has 0 N–H and O–H groups in total. The number of alkyl halides is 3. The van der Waals surface area contributed by atoms with Gasteiger partial charge in [-0.2, -0.15) is 13.2 Å². The maximum Gasteiger partial charge on any atom is 0.416 e. The Labute approximate surface area is 154 Å². The quantitative estimate of drug-likeness (QED) is 0.590. The lowest BCUT2D eigenvalue weighted by Crippen LogP contribution is -2.48. The van der Waals surface area contributed by atoms with Gasteiger partial charge in [-0.25, -0.2) is 4.39 Å². The van der Waals surface area contributed by atoms with Gasteiger partial charge in [0, 0.05) is 37.9 Å². The smallest absolute Gasteiger partial charge is 0.368 e. The summed E-state index contributed by atoms with van der Waals surface area (Å²) in [5.41, 5.74) is 0.398.